The Hall–Kier alpha value is -0.930. The van der Waals surface area contributed by atoms with Crippen molar-refractivity contribution in [1.82, 2.24) is 9.78 Å². The van der Waals surface area contributed by atoms with Crippen molar-refractivity contribution in [3.8, 4) is 0 Å². The number of nitro groups is 1. The maximum atomic E-state index is 10.8. The molecule has 2 N–H and O–H groups in total. The van der Waals surface area contributed by atoms with Crippen LogP contribution in [0.15, 0.2) is 14.3 Å². The van der Waals surface area contributed by atoms with Gasteiger partial charge in [0.15, 0.2) is 0 Å². The fourth-order valence-electron chi connectivity index (χ4n) is 1.55. The van der Waals surface area contributed by atoms with E-state index in [1.807, 2.05) is 6.07 Å². The number of rotatable bonds is 3. The summed E-state index contributed by atoms with van der Waals surface area (Å²) in [6.45, 7) is 1.99. The van der Waals surface area contributed by atoms with Gasteiger partial charge in [-0.3, -0.25) is 10.1 Å². The van der Waals surface area contributed by atoms with Gasteiger partial charge >= 0.3 is 5.69 Å². The average molecular weight is 396 g/mol. The second kappa shape index (κ2) is 4.98. The van der Waals surface area contributed by atoms with Crippen molar-refractivity contribution in [2.45, 2.75) is 13.5 Å². The lowest BCUT2D eigenvalue weighted by Crippen LogP contribution is -2.05. The summed E-state index contributed by atoms with van der Waals surface area (Å²) in [5.74, 6) is 0.0816. The van der Waals surface area contributed by atoms with Gasteiger partial charge in [0.25, 0.3) is 0 Å². The smallest absolute Gasteiger partial charge is 0.333 e. The molecule has 0 aliphatic carbocycles. The van der Waals surface area contributed by atoms with Gasteiger partial charge in [-0.05, 0) is 44.8 Å². The molecule has 0 atom stereocenters. The molecule has 0 aliphatic heterocycles. The van der Waals surface area contributed by atoms with Crippen LogP contribution in [-0.4, -0.2) is 14.7 Å². The Morgan fingerprint density at radius 3 is 2.72 bits per heavy atom. The van der Waals surface area contributed by atoms with E-state index in [0.717, 1.165) is 13.1 Å². The second-order valence-electron chi connectivity index (χ2n) is 3.57. The van der Waals surface area contributed by atoms with E-state index in [4.69, 9.17) is 5.73 Å². The summed E-state index contributed by atoms with van der Waals surface area (Å²) >= 11 is 8.30. The largest absolute Gasteiger partial charge is 0.378 e. The van der Waals surface area contributed by atoms with E-state index in [-0.39, 0.29) is 11.5 Å². The number of nitrogen functional groups attached to an aromatic ring is 1. The van der Waals surface area contributed by atoms with Gasteiger partial charge in [-0.25, -0.2) is 4.68 Å². The lowest BCUT2D eigenvalue weighted by molar-refractivity contribution is -0.384. The lowest BCUT2D eigenvalue weighted by Gasteiger charge is -2.00. The van der Waals surface area contributed by atoms with Gasteiger partial charge in [0, 0.05) is 9.35 Å². The first kappa shape index (κ1) is 13.5. The van der Waals surface area contributed by atoms with Gasteiger partial charge in [0.1, 0.15) is 5.69 Å². The van der Waals surface area contributed by atoms with Crippen LogP contribution in [0.5, 0.6) is 0 Å². The molecule has 18 heavy (non-hydrogen) atoms. The van der Waals surface area contributed by atoms with Gasteiger partial charge in [-0.2, -0.15) is 5.10 Å². The van der Waals surface area contributed by atoms with E-state index >= 15 is 0 Å². The molecule has 0 spiro atoms. The summed E-state index contributed by atoms with van der Waals surface area (Å²) in [4.78, 5) is 11.3. The summed E-state index contributed by atoms with van der Waals surface area (Å²) in [7, 11) is 0. The van der Waals surface area contributed by atoms with E-state index in [1.54, 1.807) is 6.92 Å². The third-order valence-corrected chi connectivity index (χ3v) is 5.56. The minimum atomic E-state index is -0.506. The Bertz CT molecular complexity index is 603. The number of nitrogens with two attached hydrogens (primary N) is 1. The first-order valence-corrected chi connectivity index (χ1v) is 7.21. The predicted octanol–water partition coefficient (Wildman–Crippen LogP) is 3.32. The average Bonchev–Trinajstić information content (AvgIpc) is 2.69. The van der Waals surface area contributed by atoms with Gasteiger partial charge in [-0.1, -0.05) is 0 Å². The molecule has 0 saturated heterocycles. The zero-order chi connectivity index (χ0) is 13.4. The number of halogens is 2. The molecular weight excluding hydrogens is 388 g/mol. The van der Waals surface area contributed by atoms with Gasteiger partial charge in [-0.15, -0.1) is 11.3 Å². The quantitative estimate of drug-likeness (QED) is 0.637. The van der Waals surface area contributed by atoms with Crippen molar-refractivity contribution in [2.75, 3.05) is 5.73 Å². The van der Waals surface area contributed by atoms with Crippen LogP contribution < -0.4 is 5.73 Å². The second-order valence-corrected chi connectivity index (χ2v) is 6.88. The minimum Gasteiger partial charge on any atom is -0.378 e. The monoisotopic (exact) mass is 394 g/mol. The van der Waals surface area contributed by atoms with Crippen molar-refractivity contribution in [1.29, 1.82) is 0 Å². The predicted molar refractivity (Wildman–Crippen MR) is 76.9 cm³/mol. The van der Waals surface area contributed by atoms with Crippen LogP contribution in [0.25, 0.3) is 0 Å². The van der Waals surface area contributed by atoms with E-state index in [0.29, 0.717) is 12.2 Å². The van der Waals surface area contributed by atoms with Crippen LogP contribution in [0.4, 0.5) is 11.5 Å². The fraction of sp³-hybridized carbons (Fsp3) is 0.222. The van der Waals surface area contributed by atoms with Gasteiger partial charge < -0.3 is 5.73 Å². The molecule has 6 nitrogen and oxygen atoms in total. The van der Waals surface area contributed by atoms with E-state index in [2.05, 4.69) is 37.0 Å². The molecule has 0 radical (unpaired) electrons. The number of hydrogen-bond donors (Lipinski definition) is 1. The molecule has 0 unspecified atom stereocenters. The van der Waals surface area contributed by atoms with Crippen molar-refractivity contribution in [2.24, 2.45) is 0 Å². The summed E-state index contributed by atoms with van der Waals surface area (Å²) in [5, 5.41) is 14.9. The molecular formula is C9H8Br2N4O2S. The first-order valence-electron chi connectivity index (χ1n) is 4.81. The zero-order valence-electron chi connectivity index (χ0n) is 9.18. The SMILES string of the molecule is Cc1nn(Cc2cc(Br)c(Br)s2)c(N)c1[N+](=O)[O-]. The standard InChI is InChI=1S/C9H8Br2N4O2S/c1-4-7(15(16)17)9(12)14(13-4)3-5-2-6(10)8(11)18-5/h2H,3,12H2,1H3. The number of aryl methyl sites for hydroxylation is 1. The Balaban J connectivity index is 2.35. The molecule has 2 aromatic heterocycles. The van der Waals surface area contributed by atoms with Crippen LogP contribution in [0.1, 0.15) is 10.6 Å². The number of thiophene rings is 1. The Morgan fingerprint density at radius 1 is 1.61 bits per heavy atom. The highest BCUT2D eigenvalue weighted by molar-refractivity contribution is 9.13. The Morgan fingerprint density at radius 2 is 2.28 bits per heavy atom. The van der Waals surface area contributed by atoms with Crippen molar-refractivity contribution >= 4 is 54.7 Å². The minimum absolute atomic E-state index is 0.0816. The Labute approximate surface area is 123 Å². The maximum absolute atomic E-state index is 10.8. The zero-order valence-corrected chi connectivity index (χ0v) is 13.2. The summed E-state index contributed by atoms with van der Waals surface area (Å²) in [5.41, 5.74) is 5.94. The third-order valence-electron chi connectivity index (χ3n) is 2.32. The molecule has 0 aromatic carbocycles. The van der Waals surface area contributed by atoms with E-state index < -0.39 is 4.92 Å². The summed E-state index contributed by atoms with van der Waals surface area (Å²) in [6.07, 6.45) is 0. The molecule has 9 heteroatoms. The molecule has 0 fully saturated rings. The van der Waals surface area contributed by atoms with Gasteiger partial charge in [0.2, 0.25) is 5.82 Å². The topological polar surface area (TPSA) is 87.0 Å². The van der Waals surface area contributed by atoms with Crippen molar-refractivity contribution < 1.29 is 4.92 Å². The van der Waals surface area contributed by atoms with Crippen LogP contribution in [0.3, 0.4) is 0 Å². The molecule has 0 amide bonds. The van der Waals surface area contributed by atoms with E-state index in [1.165, 1.54) is 16.0 Å². The molecule has 0 aliphatic rings. The molecule has 2 aromatic rings. The third kappa shape index (κ3) is 2.43. The fourth-order valence-corrected chi connectivity index (χ4v) is 3.71. The number of aromatic nitrogens is 2. The highest BCUT2D eigenvalue weighted by Crippen LogP contribution is 2.34. The number of anilines is 1. The Kier molecular flexibility index (Phi) is 3.74. The van der Waals surface area contributed by atoms with Gasteiger partial charge in [0.05, 0.1) is 15.3 Å². The molecule has 0 saturated carbocycles. The summed E-state index contributed by atoms with van der Waals surface area (Å²) < 4.78 is 3.35. The van der Waals surface area contributed by atoms with Crippen molar-refractivity contribution in [3.63, 3.8) is 0 Å². The highest BCUT2D eigenvalue weighted by Gasteiger charge is 2.23. The summed E-state index contributed by atoms with van der Waals surface area (Å²) in [6, 6.07) is 1.93. The molecule has 2 heterocycles. The van der Waals surface area contributed by atoms with Crippen molar-refractivity contribution in [3.05, 3.63) is 35.0 Å². The van der Waals surface area contributed by atoms with Crippen LogP contribution in [-0.2, 0) is 6.54 Å². The molecule has 96 valence electrons. The van der Waals surface area contributed by atoms with Crippen LogP contribution in [0.2, 0.25) is 0 Å². The van der Waals surface area contributed by atoms with E-state index in [9.17, 15) is 10.1 Å². The molecule has 0 bridgehead atoms. The first-order chi connectivity index (χ1) is 8.40. The number of nitrogens with zero attached hydrogens (tertiary/aromatic N) is 3. The highest BCUT2D eigenvalue weighted by atomic mass is 79.9. The number of hydrogen-bond acceptors (Lipinski definition) is 5. The lowest BCUT2D eigenvalue weighted by atomic mass is 10.4. The van der Waals surface area contributed by atoms with Crippen LogP contribution in [0, 0.1) is 17.0 Å². The normalized spacial score (nSPS) is 10.8. The van der Waals surface area contributed by atoms with Crippen LogP contribution >= 0.6 is 43.2 Å². The maximum Gasteiger partial charge on any atom is 0.333 e. The molecule has 2 rings (SSSR count).